The van der Waals surface area contributed by atoms with E-state index in [0.717, 1.165) is 5.56 Å². The number of hydrogen-bond acceptors (Lipinski definition) is 5. The van der Waals surface area contributed by atoms with Gasteiger partial charge in [-0.15, -0.1) is 0 Å². The molecule has 36 heavy (non-hydrogen) atoms. The van der Waals surface area contributed by atoms with Crippen molar-refractivity contribution >= 4 is 23.4 Å². The second-order valence-electron chi connectivity index (χ2n) is 8.92. The van der Waals surface area contributed by atoms with Crippen LogP contribution in [-0.4, -0.2) is 55.5 Å². The topological polar surface area (TPSA) is 72.2 Å². The standard InChI is InChI=1S/C28H33ClN2O5/c1-20(2)17-31(28(33)22-8-10-23(29)11-9-22)19-27(32)30(18-24-6-5-15-36-24)14-13-21-7-12-25(34-3)26(16-21)35-4/h5-12,15-16,20H,13-14,17-19H2,1-4H3. The molecule has 0 bridgehead atoms. The van der Waals surface area contributed by atoms with E-state index in [-0.39, 0.29) is 24.3 Å². The number of benzene rings is 2. The molecule has 7 nitrogen and oxygen atoms in total. The van der Waals surface area contributed by atoms with Crippen LogP contribution in [0.5, 0.6) is 11.5 Å². The van der Waals surface area contributed by atoms with Crippen molar-refractivity contribution < 1.29 is 23.5 Å². The van der Waals surface area contributed by atoms with E-state index in [1.807, 2.05) is 38.1 Å². The van der Waals surface area contributed by atoms with Crippen molar-refractivity contribution in [3.63, 3.8) is 0 Å². The lowest BCUT2D eigenvalue weighted by molar-refractivity contribution is -0.132. The minimum absolute atomic E-state index is 0.0354. The molecule has 2 aromatic carbocycles. The SMILES string of the molecule is COc1ccc(CCN(Cc2ccco2)C(=O)CN(CC(C)C)C(=O)c2ccc(Cl)cc2)cc1OC. The maximum Gasteiger partial charge on any atom is 0.254 e. The molecule has 0 aliphatic carbocycles. The number of nitrogens with zero attached hydrogens (tertiary/aromatic N) is 2. The number of ether oxygens (including phenoxy) is 2. The monoisotopic (exact) mass is 512 g/mol. The fraction of sp³-hybridized carbons (Fsp3) is 0.357. The lowest BCUT2D eigenvalue weighted by Gasteiger charge is -2.28. The Labute approximate surface area is 217 Å². The number of furan rings is 1. The lowest BCUT2D eigenvalue weighted by atomic mass is 10.1. The number of hydrogen-bond donors (Lipinski definition) is 0. The van der Waals surface area contributed by atoms with E-state index in [2.05, 4.69) is 0 Å². The van der Waals surface area contributed by atoms with Crippen LogP contribution in [0.4, 0.5) is 0 Å². The van der Waals surface area contributed by atoms with Crippen LogP contribution in [0.25, 0.3) is 0 Å². The zero-order valence-corrected chi connectivity index (χ0v) is 22.0. The zero-order valence-electron chi connectivity index (χ0n) is 21.2. The van der Waals surface area contributed by atoms with E-state index < -0.39 is 0 Å². The van der Waals surface area contributed by atoms with Gasteiger partial charge in [0.2, 0.25) is 5.91 Å². The summed E-state index contributed by atoms with van der Waals surface area (Å²) in [7, 11) is 3.19. The van der Waals surface area contributed by atoms with Crippen molar-refractivity contribution in [1.29, 1.82) is 0 Å². The summed E-state index contributed by atoms with van der Waals surface area (Å²) >= 11 is 5.99. The summed E-state index contributed by atoms with van der Waals surface area (Å²) in [5.74, 6) is 1.79. The molecule has 0 radical (unpaired) electrons. The number of amides is 2. The minimum Gasteiger partial charge on any atom is -0.493 e. The molecule has 1 aromatic heterocycles. The Balaban J connectivity index is 1.77. The van der Waals surface area contributed by atoms with Crippen molar-refractivity contribution in [2.75, 3.05) is 33.9 Å². The van der Waals surface area contributed by atoms with E-state index in [1.165, 1.54) is 0 Å². The van der Waals surface area contributed by atoms with Crippen molar-refractivity contribution in [2.24, 2.45) is 5.92 Å². The third-order valence-electron chi connectivity index (χ3n) is 5.69. The summed E-state index contributed by atoms with van der Waals surface area (Å²) in [6.07, 6.45) is 2.18. The van der Waals surface area contributed by atoms with Crippen molar-refractivity contribution in [3.8, 4) is 11.5 Å². The average molecular weight is 513 g/mol. The lowest BCUT2D eigenvalue weighted by Crippen LogP contribution is -2.44. The molecule has 3 aromatic rings. The predicted molar refractivity (Wildman–Crippen MR) is 140 cm³/mol. The third-order valence-corrected chi connectivity index (χ3v) is 5.94. The molecule has 0 fully saturated rings. The normalized spacial score (nSPS) is 10.8. The highest BCUT2D eigenvalue weighted by Gasteiger charge is 2.24. The molecular formula is C28H33ClN2O5. The number of halogens is 1. The Morgan fingerprint density at radius 3 is 2.31 bits per heavy atom. The first-order valence-corrected chi connectivity index (χ1v) is 12.2. The molecule has 0 N–H and O–H groups in total. The van der Waals surface area contributed by atoms with Crippen LogP contribution in [0.3, 0.4) is 0 Å². The van der Waals surface area contributed by atoms with E-state index in [0.29, 0.717) is 53.9 Å². The van der Waals surface area contributed by atoms with Gasteiger partial charge in [-0.05, 0) is 66.4 Å². The molecule has 8 heteroatoms. The van der Waals surface area contributed by atoms with Gasteiger partial charge in [-0.3, -0.25) is 9.59 Å². The van der Waals surface area contributed by atoms with Gasteiger partial charge < -0.3 is 23.7 Å². The van der Waals surface area contributed by atoms with Gasteiger partial charge in [-0.25, -0.2) is 0 Å². The van der Waals surface area contributed by atoms with Crippen molar-refractivity contribution in [2.45, 2.75) is 26.8 Å². The molecule has 0 saturated heterocycles. The van der Waals surface area contributed by atoms with Crippen LogP contribution in [-0.2, 0) is 17.8 Å². The molecule has 0 unspecified atom stereocenters. The second-order valence-corrected chi connectivity index (χ2v) is 9.36. The maximum atomic E-state index is 13.5. The maximum absolute atomic E-state index is 13.5. The Hall–Kier alpha value is -3.45. The van der Waals surface area contributed by atoms with Gasteiger partial charge in [0.1, 0.15) is 12.3 Å². The fourth-order valence-corrected chi connectivity index (χ4v) is 4.01. The second kappa shape index (κ2) is 13.0. The summed E-state index contributed by atoms with van der Waals surface area (Å²) in [5, 5.41) is 0.554. The largest absolute Gasteiger partial charge is 0.493 e. The fourth-order valence-electron chi connectivity index (χ4n) is 3.88. The van der Waals surface area contributed by atoms with Gasteiger partial charge >= 0.3 is 0 Å². The summed E-state index contributed by atoms with van der Waals surface area (Å²) in [5.41, 5.74) is 1.50. The Morgan fingerprint density at radius 1 is 0.972 bits per heavy atom. The van der Waals surface area contributed by atoms with Crippen LogP contribution >= 0.6 is 11.6 Å². The molecule has 0 saturated carbocycles. The molecule has 1 heterocycles. The molecule has 0 aliphatic heterocycles. The molecule has 2 amide bonds. The zero-order chi connectivity index (χ0) is 26.1. The van der Waals surface area contributed by atoms with Crippen molar-refractivity contribution in [1.82, 2.24) is 9.80 Å². The highest BCUT2D eigenvalue weighted by atomic mass is 35.5. The molecule has 0 spiro atoms. The highest BCUT2D eigenvalue weighted by molar-refractivity contribution is 6.30. The molecule has 0 aliphatic rings. The Kier molecular flexibility index (Phi) is 9.82. The predicted octanol–water partition coefficient (Wildman–Crippen LogP) is 5.32. The van der Waals surface area contributed by atoms with E-state index in [9.17, 15) is 9.59 Å². The van der Waals surface area contributed by atoms with Gasteiger partial charge in [0.25, 0.3) is 5.91 Å². The smallest absolute Gasteiger partial charge is 0.254 e. The molecular weight excluding hydrogens is 480 g/mol. The summed E-state index contributed by atoms with van der Waals surface area (Å²) in [6, 6.07) is 16.0. The molecule has 192 valence electrons. The minimum atomic E-state index is -0.202. The number of rotatable bonds is 12. The van der Waals surface area contributed by atoms with Crippen LogP contribution in [0.1, 0.15) is 35.5 Å². The van der Waals surface area contributed by atoms with E-state index in [4.69, 9.17) is 25.5 Å². The number of carbonyl (C=O) groups is 2. The van der Waals surface area contributed by atoms with Gasteiger partial charge in [0.15, 0.2) is 11.5 Å². The first kappa shape index (κ1) is 27.1. The quantitative estimate of drug-likeness (QED) is 0.328. The van der Waals surface area contributed by atoms with Crippen molar-refractivity contribution in [3.05, 3.63) is 82.8 Å². The van der Waals surface area contributed by atoms with Crippen LogP contribution in [0, 0.1) is 5.92 Å². The van der Waals surface area contributed by atoms with Gasteiger partial charge in [-0.1, -0.05) is 31.5 Å². The molecule has 0 atom stereocenters. The average Bonchev–Trinajstić information content (AvgIpc) is 3.38. The van der Waals surface area contributed by atoms with Crippen LogP contribution < -0.4 is 9.47 Å². The van der Waals surface area contributed by atoms with Crippen LogP contribution in [0.2, 0.25) is 5.02 Å². The Morgan fingerprint density at radius 2 is 1.69 bits per heavy atom. The summed E-state index contributed by atoms with van der Waals surface area (Å²) < 4.78 is 16.2. The van der Waals surface area contributed by atoms with Crippen LogP contribution in [0.15, 0.2) is 65.3 Å². The highest BCUT2D eigenvalue weighted by Crippen LogP contribution is 2.28. The number of carbonyl (C=O) groups excluding carboxylic acids is 2. The van der Waals surface area contributed by atoms with Gasteiger partial charge in [-0.2, -0.15) is 0 Å². The van der Waals surface area contributed by atoms with E-state index >= 15 is 0 Å². The first-order chi connectivity index (χ1) is 17.3. The summed E-state index contributed by atoms with van der Waals surface area (Å²) in [6.45, 7) is 5.21. The van der Waals surface area contributed by atoms with Gasteiger partial charge in [0.05, 0.1) is 27.0 Å². The Bertz CT molecular complexity index is 1130. The molecule has 3 rings (SSSR count). The number of methoxy groups -OCH3 is 2. The van der Waals surface area contributed by atoms with Gasteiger partial charge in [0, 0.05) is 23.7 Å². The third kappa shape index (κ3) is 7.52. The van der Waals surface area contributed by atoms with E-state index in [1.54, 1.807) is 60.6 Å². The summed E-state index contributed by atoms with van der Waals surface area (Å²) in [4.78, 5) is 30.1. The first-order valence-electron chi connectivity index (χ1n) is 11.9.